The smallest absolute Gasteiger partial charge is 0.378 e. The van der Waals surface area contributed by atoms with Gasteiger partial charge in [0.15, 0.2) is 0 Å². The molecule has 1 saturated heterocycles. The lowest BCUT2D eigenvalue weighted by atomic mass is 10.1. The number of aromatic nitrogens is 5. The highest BCUT2D eigenvalue weighted by Crippen LogP contribution is 2.36. The van der Waals surface area contributed by atoms with E-state index in [0.29, 0.717) is 31.3 Å². The number of hydrogen-bond acceptors (Lipinski definition) is 7. The van der Waals surface area contributed by atoms with Crippen molar-refractivity contribution in [1.82, 2.24) is 24.5 Å². The highest BCUT2D eigenvalue weighted by atomic mass is 35.5. The summed E-state index contributed by atoms with van der Waals surface area (Å²) in [6.07, 6.45) is -3.08. The molecule has 0 saturated carbocycles. The number of morpholine rings is 1. The van der Waals surface area contributed by atoms with Crippen LogP contribution in [0.4, 0.5) is 25.1 Å². The standard InChI is InChI=1S/C24H21ClF3N7O/c25-15-7-5-14-6-8-17(16(14)13-15)30-21-31-22(34-9-11-36-12-10-34)33-23(32-21)35-19-4-2-1-3-18(19)29-20(35)24(26,27)28/h1-5,7,13,17H,6,8-12H2,(H,30,31,32,33). The van der Waals surface area contributed by atoms with Gasteiger partial charge in [-0.25, -0.2) is 4.98 Å². The monoisotopic (exact) mass is 515 g/mol. The lowest BCUT2D eigenvalue weighted by Gasteiger charge is -2.27. The molecule has 1 N–H and O–H groups in total. The Kier molecular flexibility index (Phi) is 5.68. The number of halogens is 4. The molecule has 2 aromatic carbocycles. The van der Waals surface area contributed by atoms with Crippen molar-refractivity contribution in [3.63, 3.8) is 0 Å². The van der Waals surface area contributed by atoms with Crippen LogP contribution in [0.15, 0.2) is 42.5 Å². The highest BCUT2D eigenvalue weighted by molar-refractivity contribution is 6.30. The van der Waals surface area contributed by atoms with Gasteiger partial charge in [-0.1, -0.05) is 29.8 Å². The molecule has 0 bridgehead atoms. The Morgan fingerprint density at radius 2 is 1.75 bits per heavy atom. The quantitative estimate of drug-likeness (QED) is 0.417. The van der Waals surface area contributed by atoms with Crippen molar-refractivity contribution in [2.45, 2.75) is 25.1 Å². The van der Waals surface area contributed by atoms with Crippen LogP contribution in [-0.4, -0.2) is 50.8 Å². The second-order valence-corrected chi connectivity index (χ2v) is 9.13. The summed E-state index contributed by atoms with van der Waals surface area (Å²) in [6, 6.07) is 12.0. The minimum absolute atomic E-state index is 0.131. The molecule has 1 unspecified atom stereocenters. The number of benzene rings is 2. The fourth-order valence-electron chi connectivity index (χ4n) is 4.72. The average Bonchev–Trinajstić information content (AvgIpc) is 3.46. The van der Waals surface area contributed by atoms with E-state index in [1.54, 1.807) is 18.2 Å². The van der Waals surface area contributed by atoms with E-state index in [1.807, 2.05) is 23.1 Å². The maximum atomic E-state index is 14.0. The average molecular weight is 516 g/mol. The molecule has 3 heterocycles. The van der Waals surface area contributed by atoms with Crippen molar-refractivity contribution < 1.29 is 17.9 Å². The minimum atomic E-state index is -4.71. The fraction of sp³-hybridized carbons (Fsp3) is 0.333. The molecule has 36 heavy (non-hydrogen) atoms. The summed E-state index contributed by atoms with van der Waals surface area (Å²) in [4.78, 5) is 19.2. The Morgan fingerprint density at radius 1 is 0.972 bits per heavy atom. The van der Waals surface area contributed by atoms with Crippen molar-refractivity contribution in [2.24, 2.45) is 0 Å². The summed E-state index contributed by atoms with van der Waals surface area (Å²) < 4.78 is 48.5. The first-order valence-electron chi connectivity index (χ1n) is 11.6. The third-order valence-corrected chi connectivity index (χ3v) is 6.64. The van der Waals surface area contributed by atoms with Crippen LogP contribution in [0.25, 0.3) is 17.0 Å². The molecule has 0 spiro atoms. The predicted octanol–water partition coefficient (Wildman–Crippen LogP) is 4.82. The van der Waals surface area contributed by atoms with Gasteiger partial charge in [-0.2, -0.15) is 28.1 Å². The molecule has 6 rings (SSSR count). The molecule has 1 aliphatic carbocycles. The topological polar surface area (TPSA) is 81.0 Å². The number of hydrogen-bond donors (Lipinski definition) is 1. The second kappa shape index (κ2) is 8.90. The van der Waals surface area contributed by atoms with Gasteiger partial charge in [0, 0.05) is 18.1 Å². The minimum Gasteiger partial charge on any atom is -0.378 e. The lowest BCUT2D eigenvalue weighted by molar-refractivity contribution is -0.145. The summed E-state index contributed by atoms with van der Waals surface area (Å²) in [5, 5.41) is 3.94. The van der Waals surface area contributed by atoms with Gasteiger partial charge in [0.2, 0.25) is 23.7 Å². The maximum Gasteiger partial charge on any atom is 0.450 e. The van der Waals surface area contributed by atoms with Gasteiger partial charge >= 0.3 is 6.18 Å². The molecule has 1 atom stereocenters. The summed E-state index contributed by atoms with van der Waals surface area (Å²) in [5.41, 5.74) is 2.65. The van der Waals surface area contributed by atoms with Gasteiger partial charge in [0.25, 0.3) is 0 Å². The number of ether oxygens (including phenoxy) is 1. The fourth-order valence-corrected chi connectivity index (χ4v) is 4.90. The summed E-state index contributed by atoms with van der Waals surface area (Å²) in [6.45, 7) is 1.98. The second-order valence-electron chi connectivity index (χ2n) is 8.69. The Labute approximate surface area is 209 Å². The van der Waals surface area contributed by atoms with Crippen molar-refractivity contribution in [3.05, 3.63) is 64.4 Å². The third kappa shape index (κ3) is 4.22. The molecular formula is C24H21ClF3N7O. The molecule has 12 heteroatoms. The van der Waals surface area contributed by atoms with E-state index in [0.717, 1.165) is 23.0 Å². The molecule has 2 aliphatic rings. The van der Waals surface area contributed by atoms with E-state index in [9.17, 15) is 13.2 Å². The van der Waals surface area contributed by atoms with E-state index in [-0.39, 0.29) is 34.9 Å². The van der Waals surface area contributed by atoms with Crippen LogP contribution in [0.3, 0.4) is 0 Å². The number of para-hydroxylation sites is 2. The molecule has 1 fully saturated rings. The molecule has 0 radical (unpaired) electrons. The van der Waals surface area contributed by atoms with Crippen LogP contribution < -0.4 is 10.2 Å². The normalized spacial score (nSPS) is 18.0. The number of aryl methyl sites for hydroxylation is 1. The first-order chi connectivity index (χ1) is 17.4. The van der Waals surface area contributed by atoms with Crippen LogP contribution in [0.1, 0.15) is 29.4 Å². The van der Waals surface area contributed by atoms with Gasteiger partial charge in [-0.3, -0.25) is 4.57 Å². The number of nitrogens with zero attached hydrogens (tertiary/aromatic N) is 6. The van der Waals surface area contributed by atoms with E-state index in [4.69, 9.17) is 16.3 Å². The van der Waals surface area contributed by atoms with E-state index in [2.05, 4.69) is 25.3 Å². The first-order valence-corrected chi connectivity index (χ1v) is 11.9. The van der Waals surface area contributed by atoms with Crippen LogP contribution in [-0.2, 0) is 17.3 Å². The largest absolute Gasteiger partial charge is 0.450 e. The van der Waals surface area contributed by atoms with Crippen molar-refractivity contribution in [3.8, 4) is 5.95 Å². The Hall–Kier alpha value is -3.44. The molecule has 4 aromatic rings. The molecule has 1 aliphatic heterocycles. The van der Waals surface area contributed by atoms with Crippen LogP contribution in [0.5, 0.6) is 0 Å². The molecular weight excluding hydrogens is 495 g/mol. The SMILES string of the molecule is FC(F)(F)c1nc2ccccc2n1-c1nc(NC2CCc3ccc(Cl)cc32)nc(N2CCOCC2)n1. The van der Waals surface area contributed by atoms with E-state index < -0.39 is 12.0 Å². The zero-order chi connectivity index (χ0) is 24.9. The number of nitrogens with one attached hydrogen (secondary N) is 1. The summed E-state index contributed by atoms with van der Waals surface area (Å²) in [7, 11) is 0. The number of fused-ring (bicyclic) bond motifs is 2. The van der Waals surface area contributed by atoms with Gasteiger partial charge < -0.3 is 15.0 Å². The number of anilines is 2. The maximum absolute atomic E-state index is 14.0. The van der Waals surface area contributed by atoms with Crippen LogP contribution in [0, 0.1) is 0 Å². The van der Waals surface area contributed by atoms with E-state index >= 15 is 0 Å². The number of imidazole rings is 1. The van der Waals surface area contributed by atoms with Gasteiger partial charge in [0.1, 0.15) is 0 Å². The zero-order valence-corrected chi connectivity index (χ0v) is 19.7. The molecule has 186 valence electrons. The zero-order valence-electron chi connectivity index (χ0n) is 19.0. The third-order valence-electron chi connectivity index (χ3n) is 6.41. The predicted molar refractivity (Wildman–Crippen MR) is 129 cm³/mol. The highest BCUT2D eigenvalue weighted by Gasteiger charge is 2.39. The Bertz CT molecular complexity index is 1440. The molecule has 0 amide bonds. The molecule has 8 nitrogen and oxygen atoms in total. The number of alkyl halides is 3. The van der Waals surface area contributed by atoms with Crippen molar-refractivity contribution in [2.75, 3.05) is 36.5 Å². The van der Waals surface area contributed by atoms with Gasteiger partial charge in [0.05, 0.1) is 30.3 Å². The van der Waals surface area contributed by atoms with Gasteiger partial charge in [-0.15, -0.1) is 0 Å². The van der Waals surface area contributed by atoms with Crippen LogP contribution >= 0.6 is 11.6 Å². The van der Waals surface area contributed by atoms with Crippen molar-refractivity contribution >= 4 is 34.5 Å². The Morgan fingerprint density at radius 3 is 2.56 bits per heavy atom. The first kappa shape index (κ1) is 23.0. The molecule has 2 aromatic heterocycles. The van der Waals surface area contributed by atoms with Crippen molar-refractivity contribution in [1.29, 1.82) is 0 Å². The van der Waals surface area contributed by atoms with Crippen LogP contribution in [0.2, 0.25) is 5.02 Å². The van der Waals surface area contributed by atoms with E-state index in [1.165, 1.54) is 11.6 Å². The summed E-state index contributed by atoms with van der Waals surface area (Å²) in [5.74, 6) is -0.780. The van der Waals surface area contributed by atoms with Gasteiger partial charge in [-0.05, 0) is 48.2 Å². The summed E-state index contributed by atoms with van der Waals surface area (Å²) >= 11 is 6.22. The number of rotatable bonds is 4. The Balaban J connectivity index is 1.48. The lowest BCUT2D eigenvalue weighted by Crippen LogP contribution is -2.37.